The van der Waals surface area contributed by atoms with Crippen LogP contribution in [0.2, 0.25) is 0 Å². The first-order chi connectivity index (χ1) is 7.31. The Morgan fingerprint density at radius 3 is 3.00 bits per heavy atom. The Balaban J connectivity index is 2.39. The van der Waals surface area contributed by atoms with E-state index >= 15 is 0 Å². The highest BCUT2D eigenvalue weighted by molar-refractivity contribution is 9.10. The SMILES string of the molecule is NCCCc1cnc2c(Br)cccc2c1. The molecule has 1 aromatic heterocycles. The average molecular weight is 265 g/mol. The fourth-order valence-electron chi connectivity index (χ4n) is 1.61. The molecule has 0 atom stereocenters. The number of halogens is 1. The Kier molecular flexibility index (Phi) is 3.34. The minimum absolute atomic E-state index is 0.733. The number of aromatic nitrogens is 1. The van der Waals surface area contributed by atoms with Gasteiger partial charge in [0, 0.05) is 16.1 Å². The second-order valence-corrected chi connectivity index (χ2v) is 4.40. The lowest BCUT2D eigenvalue weighted by Gasteiger charge is -2.03. The summed E-state index contributed by atoms with van der Waals surface area (Å²) in [5, 5.41) is 1.18. The molecule has 2 aromatic rings. The third kappa shape index (κ3) is 2.36. The Morgan fingerprint density at radius 2 is 2.20 bits per heavy atom. The molecule has 0 spiro atoms. The molecule has 15 heavy (non-hydrogen) atoms. The number of fused-ring (bicyclic) bond motifs is 1. The molecule has 0 unspecified atom stereocenters. The molecule has 0 aliphatic heterocycles. The highest BCUT2D eigenvalue weighted by Gasteiger charge is 2.00. The summed E-state index contributed by atoms with van der Waals surface area (Å²) in [5.74, 6) is 0. The second-order valence-electron chi connectivity index (χ2n) is 3.55. The number of hydrogen-bond acceptors (Lipinski definition) is 2. The first-order valence-corrected chi connectivity index (χ1v) is 5.84. The van der Waals surface area contributed by atoms with E-state index < -0.39 is 0 Å². The lowest BCUT2D eigenvalue weighted by molar-refractivity contribution is 0.830. The van der Waals surface area contributed by atoms with Crippen LogP contribution in [-0.4, -0.2) is 11.5 Å². The quantitative estimate of drug-likeness (QED) is 0.926. The molecule has 0 saturated heterocycles. The number of nitrogens with two attached hydrogens (primary N) is 1. The molecule has 1 heterocycles. The van der Waals surface area contributed by atoms with Crippen molar-refractivity contribution in [3.8, 4) is 0 Å². The predicted molar refractivity (Wildman–Crippen MR) is 66.8 cm³/mol. The molecule has 1 aromatic carbocycles. The van der Waals surface area contributed by atoms with Gasteiger partial charge in [0.05, 0.1) is 5.52 Å². The van der Waals surface area contributed by atoms with Crippen molar-refractivity contribution < 1.29 is 0 Å². The van der Waals surface area contributed by atoms with Gasteiger partial charge in [-0.3, -0.25) is 4.98 Å². The molecule has 2 nitrogen and oxygen atoms in total. The zero-order valence-corrected chi connectivity index (χ0v) is 10.00. The molecule has 0 fully saturated rings. The van der Waals surface area contributed by atoms with Crippen molar-refractivity contribution >= 4 is 26.8 Å². The van der Waals surface area contributed by atoms with E-state index in [1.807, 2.05) is 18.3 Å². The van der Waals surface area contributed by atoms with Gasteiger partial charge in [0.15, 0.2) is 0 Å². The number of aryl methyl sites for hydroxylation is 1. The standard InChI is InChI=1S/C12H13BrN2/c13-11-5-1-4-10-7-9(3-2-6-14)8-15-12(10)11/h1,4-5,7-8H,2-3,6,14H2. The third-order valence-corrected chi connectivity index (χ3v) is 3.03. The van der Waals surface area contributed by atoms with E-state index in [4.69, 9.17) is 5.73 Å². The van der Waals surface area contributed by atoms with Crippen LogP contribution in [-0.2, 0) is 6.42 Å². The van der Waals surface area contributed by atoms with E-state index in [-0.39, 0.29) is 0 Å². The Labute approximate surface area is 97.6 Å². The molecule has 2 rings (SSSR count). The largest absolute Gasteiger partial charge is 0.330 e. The normalized spacial score (nSPS) is 10.8. The van der Waals surface area contributed by atoms with Gasteiger partial charge in [0.2, 0.25) is 0 Å². The van der Waals surface area contributed by atoms with Crippen molar-refractivity contribution in [2.45, 2.75) is 12.8 Å². The van der Waals surface area contributed by atoms with Crippen LogP contribution in [0.15, 0.2) is 34.9 Å². The Morgan fingerprint density at radius 1 is 1.33 bits per heavy atom. The topological polar surface area (TPSA) is 38.9 Å². The summed E-state index contributed by atoms with van der Waals surface area (Å²) >= 11 is 3.49. The van der Waals surface area contributed by atoms with E-state index in [0.29, 0.717) is 0 Å². The Hall–Kier alpha value is -0.930. The van der Waals surface area contributed by atoms with Gasteiger partial charge in [-0.05, 0) is 53.0 Å². The van der Waals surface area contributed by atoms with Gasteiger partial charge in [0.25, 0.3) is 0 Å². The van der Waals surface area contributed by atoms with Crippen LogP contribution in [0.1, 0.15) is 12.0 Å². The number of para-hydroxylation sites is 1. The van der Waals surface area contributed by atoms with E-state index in [0.717, 1.165) is 29.4 Å². The maximum Gasteiger partial charge on any atom is 0.0844 e. The summed E-state index contributed by atoms with van der Waals surface area (Å²) < 4.78 is 1.05. The van der Waals surface area contributed by atoms with Gasteiger partial charge < -0.3 is 5.73 Å². The van der Waals surface area contributed by atoms with Gasteiger partial charge >= 0.3 is 0 Å². The Bertz CT molecular complexity index is 468. The number of benzene rings is 1. The molecule has 78 valence electrons. The number of rotatable bonds is 3. The molecule has 0 aliphatic rings. The maximum atomic E-state index is 5.49. The van der Waals surface area contributed by atoms with E-state index in [9.17, 15) is 0 Å². The second kappa shape index (κ2) is 4.73. The van der Waals surface area contributed by atoms with Crippen LogP contribution in [0.3, 0.4) is 0 Å². The number of hydrogen-bond donors (Lipinski definition) is 1. The minimum Gasteiger partial charge on any atom is -0.330 e. The van der Waals surface area contributed by atoms with Crippen molar-refractivity contribution in [1.82, 2.24) is 4.98 Å². The lowest BCUT2D eigenvalue weighted by Crippen LogP contribution is -2.00. The van der Waals surface area contributed by atoms with Crippen LogP contribution in [0.25, 0.3) is 10.9 Å². The smallest absolute Gasteiger partial charge is 0.0844 e. The van der Waals surface area contributed by atoms with Gasteiger partial charge in [-0.25, -0.2) is 0 Å². The van der Waals surface area contributed by atoms with E-state index in [2.05, 4.69) is 33.0 Å². The summed E-state index contributed by atoms with van der Waals surface area (Å²) in [6.07, 6.45) is 3.95. The van der Waals surface area contributed by atoms with Crippen LogP contribution < -0.4 is 5.73 Å². The average Bonchev–Trinajstić information content (AvgIpc) is 2.26. The molecule has 3 heteroatoms. The van der Waals surface area contributed by atoms with Crippen molar-refractivity contribution in [3.05, 3.63) is 40.5 Å². The fraction of sp³-hybridized carbons (Fsp3) is 0.250. The highest BCUT2D eigenvalue weighted by Crippen LogP contribution is 2.22. The molecular weight excluding hydrogens is 252 g/mol. The molecule has 0 bridgehead atoms. The van der Waals surface area contributed by atoms with Crippen molar-refractivity contribution in [2.75, 3.05) is 6.54 Å². The summed E-state index contributed by atoms with van der Waals surface area (Å²) in [7, 11) is 0. The minimum atomic E-state index is 0.733. The number of pyridine rings is 1. The van der Waals surface area contributed by atoms with Crippen molar-refractivity contribution in [2.24, 2.45) is 5.73 Å². The van der Waals surface area contributed by atoms with E-state index in [1.54, 1.807) is 0 Å². The van der Waals surface area contributed by atoms with Gasteiger partial charge in [-0.15, -0.1) is 0 Å². The van der Waals surface area contributed by atoms with Crippen LogP contribution in [0, 0.1) is 0 Å². The van der Waals surface area contributed by atoms with E-state index in [1.165, 1.54) is 10.9 Å². The fourth-order valence-corrected chi connectivity index (χ4v) is 2.10. The number of nitrogens with zero attached hydrogens (tertiary/aromatic N) is 1. The summed E-state index contributed by atoms with van der Waals surface area (Å²) in [6, 6.07) is 8.30. The van der Waals surface area contributed by atoms with Crippen LogP contribution in [0.5, 0.6) is 0 Å². The lowest BCUT2D eigenvalue weighted by atomic mass is 10.1. The van der Waals surface area contributed by atoms with Crippen molar-refractivity contribution in [3.63, 3.8) is 0 Å². The first-order valence-electron chi connectivity index (χ1n) is 5.04. The first kappa shape index (κ1) is 10.6. The maximum absolute atomic E-state index is 5.49. The van der Waals surface area contributed by atoms with Crippen LogP contribution >= 0.6 is 15.9 Å². The molecule has 0 saturated carbocycles. The van der Waals surface area contributed by atoms with Crippen LogP contribution in [0.4, 0.5) is 0 Å². The zero-order valence-electron chi connectivity index (χ0n) is 8.41. The molecule has 0 amide bonds. The zero-order chi connectivity index (χ0) is 10.7. The predicted octanol–water partition coefficient (Wildman–Crippen LogP) is 2.89. The molecule has 0 radical (unpaired) electrons. The van der Waals surface area contributed by atoms with Gasteiger partial charge in [-0.1, -0.05) is 12.1 Å². The summed E-state index contributed by atoms with van der Waals surface area (Å²) in [6.45, 7) is 0.733. The summed E-state index contributed by atoms with van der Waals surface area (Å²) in [5.41, 5.74) is 7.76. The monoisotopic (exact) mass is 264 g/mol. The summed E-state index contributed by atoms with van der Waals surface area (Å²) in [4.78, 5) is 4.45. The van der Waals surface area contributed by atoms with Gasteiger partial charge in [0.1, 0.15) is 0 Å². The molecule has 0 aliphatic carbocycles. The highest BCUT2D eigenvalue weighted by atomic mass is 79.9. The molecular formula is C12H13BrN2. The molecule has 2 N–H and O–H groups in total. The van der Waals surface area contributed by atoms with Gasteiger partial charge in [-0.2, -0.15) is 0 Å². The van der Waals surface area contributed by atoms with Crippen molar-refractivity contribution in [1.29, 1.82) is 0 Å². The third-order valence-electron chi connectivity index (χ3n) is 2.39.